The van der Waals surface area contributed by atoms with Crippen molar-refractivity contribution in [3.05, 3.63) is 0 Å². The molecule has 0 spiro atoms. The Balaban J connectivity index is 2.08. The Kier molecular flexibility index (Phi) is 4.39. The standard InChI is InChI=1S/C12H26N2/c1-12(2,3)10-13-9-11-5-7-14(4)8-6-11/h11,13H,5-10H2,1-4H3. The lowest BCUT2D eigenvalue weighted by molar-refractivity contribution is 0.212. The van der Waals surface area contributed by atoms with E-state index in [1.165, 1.54) is 32.5 Å². The summed E-state index contributed by atoms with van der Waals surface area (Å²) in [6.07, 6.45) is 2.74. The zero-order valence-electron chi connectivity index (χ0n) is 10.3. The summed E-state index contributed by atoms with van der Waals surface area (Å²) in [4.78, 5) is 2.43. The second kappa shape index (κ2) is 5.13. The van der Waals surface area contributed by atoms with Gasteiger partial charge in [0.05, 0.1) is 0 Å². The van der Waals surface area contributed by atoms with E-state index in [1.807, 2.05) is 0 Å². The van der Waals surface area contributed by atoms with Crippen LogP contribution >= 0.6 is 0 Å². The van der Waals surface area contributed by atoms with Crippen LogP contribution in [0.4, 0.5) is 0 Å². The molecule has 2 heteroatoms. The van der Waals surface area contributed by atoms with Crippen LogP contribution < -0.4 is 5.32 Å². The molecule has 1 aliphatic rings. The third kappa shape index (κ3) is 4.97. The summed E-state index contributed by atoms with van der Waals surface area (Å²) < 4.78 is 0. The summed E-state index contributed by atoms with van der Waals surface area (Å²) in [7, 11) is 2.22. The molecule has 1 fully saturated rings. The molecule has 0 atom stereocenters. The van der Waals surface area contributed by atoms with Crippen LogP contribution in [0.15, 0.2) is 0 Å². The Bertz CT molecular complexity index is 152. The summed E-state index contributed by atoms with van der Waals surface area (Å²) >= 11 is 0. The predicted molar refractivity (Wildman–Crippen MR) is 62.5 cm³/mol. The van der Waals surface area contributed by atoms with Crippen molar-refractivity contribution in [2.75, 3.05) is 33.2 Å². The molecule has 0 saturated carbocycles. The molecule has 14 heavy (non-hydrogen) atoms. The minimum atomic E-state index is 0.422. The van der Waals surface area contributed by atoms with E-state index in [0.29, 0.717) is 5.41 Å². The van der Waals surface area contributed by atoms with Crippen LogP contribution in [0.1, 0.15) is 33.6 Å². The maximum atomic E-state index is 3.59. The first-order valence-electron chi connectivity index (χ1n) is 5.87. The fraction of sp³-hybridized carbons (Fsp3) is 1.00. The van der Waals surface area contributed by atoms with Crippen molar-refractivity contribution in [3.8, 4) is 0 Å². The number of nitrogens with zero attached hydrogens (tertiary/aromatic N) is 1. The normalized spacial score (nSPS) is 21.4. The first kappa shape index (κ1) is 12.0. The molecule has 84 valence electrons. The molecule has 1 N–H and O–H groups in total. The quantitative estimate of drug-likeness (QED) is 0.746. The average Bonchev–Trinajstić information content (AvgIpc) is 2.06. The van der Waals surface area contributed by atoms with E-state index in [9.17, 15) is 0 Å². The minimum Gasteiger partial charge on any atom is -0.316 e. The number of hydrogen-bond acceptors (Lipinski definition) is 2. The number of rotatable bonds is 3. The second-order valence-electron chi connectivity index (χ2n) is 5.94. The van der Waals surface area contributed by atoms with E-state index in [1.54, 1.807) is 0 Å². The van der Waals surface area contributed by atoms with Gasteiger partial charge in [-0.2, -0.15) is 0 Å². The molecule has 0 radical (unpaired) electrons. The molecule has 0 unspecified atom stereocenters. The van der Waals surface area contributed by atoms with E-state index < -0.39 is 0 Å². The third-order valence-corrected chi connectivity index (χ3v) is 2.93. The molecule has 1 aliphatic heterocycles. The molecule has 0 aromatic heterocycles. The van der Waals surface area contributed by atoms with Crippen molar-refractivity contribution < 1.29 is 0 Å². The summed E-state index contributed by atoms with van der Waals surface area (Å²) in [6.45, 7) is 11.8. The highest BCUT2D eigenvalue weighted by Gasteiger charge is 2.17. The topological polar surface area (TPSA) is 15.3 Å². The first-order chi connectivity index (χ1) is 6.47. The van der Waals surface area contributed by atoms with E-state index in [2.05, 4.69) is 38.0 Å². The van der Waals surface area contributed by atoms with E-state index in [-0.39, 0.29) is 0 Å². The Hall–Kier alpha value is -0.0800. The number of piperidine rings is 1. The van der Waals surface area contributed by atoms with Gasteiger partial charge in [-0.1, -0.05) is 20.8 Å². The Labute approximate surface area is 89.1 Å². The lowest BCUT2D eigenvalue weighted by Crippen LogP contribution is -2.37. The molecule has 1 heterocycles. The minimum absolute atomic E-state index is 0.422. The molecule has 0 aromatic carbocycles. The molecule has 0 amide bonds. The van der Waals surface area contributed by atoms with Crippen LogP contribution in [-0.4, -0.2) is 38.1 Å². The van der Waals surface area contributed by atoms with Gasteiger partial charge in [-0.3, -0.25) is 0 Å². The van der Waals surface area contributed by atoms with Gasteiger partial charge in [0.1, 0.15) is 0 Å². The van der Waals surface area contributed by atoms with Crippen molar-refractivity contribution in [1.29, 1.82) is 0 Å². The third-order valence-electron chi connectivity index (χ3n) is 2.93. The molecule has 0 aromatic rings. The first-order valence-corrected chi connectivity index (χ1v) is 5.87. The lowest BCUT2D eigenvalue weighted by atomic mass is 9.94. The van der Waals surface area contributed by atoms with Gasteiger partial charge in [0.2, 0.25) is 0 Å². The van der Waals surface area contributed by atoms with Gasteiger partial charge in [-0.15, -0.1) is 0 Å². The van der Waals surface area contributed by atoms with Gasteiger partial charge in [0.25, 0.3) is 0 Å². The van der Waals surface area contributed by atoms with Crippen LogP contribution in [0.3, 0.4) is 0 Å². The highest BCUT2D eigenvalue weighted by molar-refractivity contribution is 4.73. The van der Waals surface area contributed by atoms with E-state index in [0.717, 1.165) is 12.5 Å². The summed E-state index contributed by atoms with van der Waals surface area (Å²) in [5.41, 5.74) is 0.422. The van der Waals surface area contributed by atoms with Gasteiger partial charge >= 0.3 is 0 Å². The highest BCUT2D eigenvalue weighted by atomic mass is 15.1. The number of likely N-dealkylation sites (tertiary alicyclic amines) is 1. The molecular weight excluding hydrogens is 172 g/mol. The van der Waals surface area contributed by atoms with Crippen LogP contribution in [0, 0.1) is 11.3 Å². The lowest BCUT2D eigenvalue weighted by Gasteiger charge is -2.30. The van der Waals surface area contributed by atoms with E-state index >= 15 is 0 Å². The molecule has 1 rings (SSSR count). The van der Waals surface area contributed by atoms with Crippen molar-refractivity contribution >= 4 is 0 Å². The zero-order chi connectivity index (χ0) is 10.6. The maximum Gasteiger partial charge on any atom is -0.000000930 e. The molecular formula is C12H26N2. The monoisotopic (exact) mass is 198 g/mol. The fourth-order valence-electron chi connectivity index (χ4n) is 1.92. The van der Waals surface area contributed by atoms with Crippen LogP contribution in [0.2, 0.25) is 0 Å². The zero-order valence-corrected chi connectivity index (χ0v) is 10.3. The average molecular weight is 198 g/mol. The van der Waals surface area contributed by atoms with Crippen molar-refractivity contribution in [2.45, 2.75) is 33.6 Å². The van der Waals surface area contributed by atoms with Gasteiger partial charge < -0.3 is 10.2 Å². The van der Waals surface area contributed by atoms with Crippen LogP contribution in [-0.2, 0) is 0 Å². The second-order valence-corrected chi connectivity index (χ2v) is 5.94. The van der Waals surface area contributed by atoms with Crippen molar-refractivity contribution in [2.24, 2.45) is 11.3 Å². The Morgan fingerprint density at radius 1 is 1.21 bits per heavy atom. The molecule has 2 nitrogen and oxygen atoms in total. The van der Waals surface area contributed by atoms with Crippen molar-refractivity contribution in [1.82, 2.24) is 10.2 Å². The Morgan fingerprint density at radius 2 is 1.79 bits per heavy atom. The van der Waals surface area contributed by atoms with Gasteiger partial charge in [0, 0.05) is 0 Å². The van der Waals surface area contributed by atoms with Crippen LogP contribution in [0.5, 0.6) is 0 Å². The molecule has 1 saturated heterocycles. The summed E-state index contributed by atoms with van der Waals surface area (Å²) in [6, 6.07) is 0. The Morgan fingerprint density at radius 3 is 2.29 bits per heavy atom. The smallest absolute Gasteiger partial charge is 0.000000930 e. The van der Waals surface area contributed by atoms with Gasteiger partial charge in [0.15, 0.2) is 0 Å². The highest BCUT2D eigenvalue weighted by Crippen LogP contribution is 2.16. The largest absolute Gasteiger partial charge is 0.316 e. The molecule has 0 bridgehead atoms. The maximum absolute atomic E-state index is 3.59. The summed E-state index contributed by atoms with van der Waals surface area (Å²) in [5, 5.41) is 3.59. The van der Waals surface area contributed by atoms with Gasteiger partial charge in [-0.05, 0) is 57.4 Å². The predicted octanol–water partition coefficient (Wildman–Crippen LogP) is 1.96. The van der Waals surface area contributed by atoms with E-state index in [4.69, 9.17) is 0 Å². The summed E-state index contributed by atoms with van der Waals surface area (Å²) in [5.74, 6) is 0.911. The fourth-order valence-corrected chi connectivity index (χ4v) is 1.92. The van der Waals surface area contributed by atoms with Crippen molar-refractivity contribution in [3.63, 3.8) is 0 Å². The number of nitrogens with one attached hydrogen (secondary N) is 1. The van der Waals surface area contributed by atoms with Crippen LogP contribution in [0.25, 0.3) is 0 Å². The SMILES string of the molecule is CN1CCC(CNCC(C)(C)C)CC1. The number of hydrogen-bond donors (Lipinski definition) is 1. The molecule has 0 aliphatic carbocycles. The van der Waals surface area contributed by atoms with Gasteiger partial charge in [-0.25, -0.2) is 0 Å².